The van der Waals surface area contributed by atoms with Crippen molar-refractivity contribution < 1.29 is 17.9 Å². The van der Waals surface area contributed by atoms with Crippen molar-refractivity contribution in [2.24, 2.45) is 0 Å². The number of carbonyl (C=O) groups excluding carboxylic acids is 1. The van der Waals surface area contributed by atoms with E-state index in [-0.39, 0.29) is 10.8 Å². The largest absolute Gasteiger partial charge is 0.379 e. The number of ether oxygens (including phenoxy) is 1. The summed E-state index contributed by atoms with van der Waals surface area (Å²) in [6.07, 6.45) is 1.63. The molecule has 0 N–H and O–H groups in total. The monoisotopic (exact) mass is 439 g/mol. The van der Waals surface area contributed by atoms with Crippen molar-refractivity contribution in [2.45, 2.75) is 18.4 Å². The van der Waals surface area contributed by atoms with E-state index in [1.165, 1.54) is 16.4 Å². The predicted molar refractivity (Wildman–Crippen MR) is 117 cm³/mol. The van der Waals surface area contributed by atoms with Crippen LogP contribution < -0.4 is 0 Å². The first-order valence-corrected chi connectivity index (χ1v) is 11.4. The molecule has 0 unspecified atom stereocenters. The molecule has 2 aromatic carbocycles. The number of nitrogens with zero attached hydrogens (tertiary/aromatic N) is 3. The van der Waals surface area contributed by atoms with Gasteiger partial charge in [0.05, 0.1) is 29.7 Å². The fourth-order valence-electron chi connectivity index (χ4n) is 3.38. The van der Waals surface area contributed by atoms with Gasteiger partial charge in [-0.3, -0.25) is 4.79 Å². The highest BCUT2D eigenvalue weighted by Crippen LogP contribution is 2.22. The van der Waals surface area contributed by atoms with Crippen LogP contribution in [0.15, 0.2) is 60.0 Å². The summed E-state index contributed by atoms with van der Waals surface area (Å²) in [5.41, 5.74) is 2.44. The van der Waals surface area contributed by atoms with E-state index in [2.05, 4.69) is 12.6 Å². The Kier molecular flexibility index (Phi) is 7.23. The Hall–Kier alpha value is -2.99. The van der Waals surface area contributed by atoms with Crippen LogP contribution in [0.2, 0.25) is 0 Å². The topological polar surface area (TPSA) is 90.7 Å². The summed E-state index contributed by atoms with van der Waals surface area (Å²) < 4.78 is 32.7. The van der Waals surface area contributed by atoms with Crippen LogP contribution in [0.3, 0.4) is 0 Å². The zero-order chi connectivity index (χ0) is 22.4. The third kappa shape index (κ3) is 5.20. The van der Waals surface area contributed by atoms with Gasteiger partial charge in [-0.25, -0.2) is 8.42 Å². The number of benzene rings is 2. The predicted octanol–water partition coefficient (Wildman–Crippen LogP) is 2.72. The number of morpholine rings is 1. The Bertz CT molecular complexity index is 1100. The Morgan fingerprint density at radius 2 is 1.90 bits per heavy atom. The third-order valence-electron chi connectivity index (χ3n) is 5.14. The SMILES string of the molecule is C=CCN(Cc1ccc(C#N)cc1)C(=O)c1cc(S(=O)(=O)N2CCOCC2)ccc1C. The second kappa shape index (κ2) is 9.88. The van der Waals surface area contributed by atoms with Gasteiger partial charge in [-0.15, -0.1) is 6.58 Å². The highest BCUT2D eigenvalue weighted by atomic mass is 32.2. The van der Waals surface area contributed by atoms with E-state index in [0.717, 1.165) is 5.56 Å². The van der Waals surface area contributed by atoms with Crippen LogP contribution in [0.5, 0.6) is 0 Å². The molecule has 0 radical (unpaired) electrons. The van der Waals surface area contributed by atoms with Crippen molar-refractivity contribution in [1.29, 1.82) is 5.26 Å². The average molecular weight is 440 g/mol. The standard InChI is InChI=1S/C23H25N3O4S/c1-3-10-25(17-20-7-5-19(16-24)6-8-20)23(27)22-15-21(9-4-18(22)2)31(28,29)26-11-13-30-14-12-26/h3-9,15H,1,10-14,17H2,2H3. The third-order valence-corrected chi connectivity index (χ3v) is 7.04. The number of aryl methyl sites for hydroxylation is 1. The minimum Gasteiger partial charge on any atom is -0.379 e. The van der Waals surface area contributed by atoms with E-state index in [1.54, 1.807) is 48.2 Å². The van der Waals surface area contributed by atoms with E-state index in [4.69, 9.17) is 10.00 Å². The van der Waals surface area contributed by atoms with Gasteiger partial charge < -0.3 is 9.64 Å². The number of nitriles is 1. The molecule has 31 heavy (non-hydrogen) atoms. The number of hydrogen-bond acceptors (Lipinski definition) is 5. The average Bonchev–Trinajstić information content (AvgIpc) is 2.79. The highest BCUT2D eigenvalue weighted by molar-refractivity contribution is 7.89. The molecule has 0 spiro atoms. The van der Waals surface area contributed by atoms with Crippen LogP contribution in [0, 0.1) is 18.3 Å². The summed E-state index contributed by atoms with van der Waals surface area (Å²) in [5.74, 6) is -0.277. The smallest absolute Gasteiger partial charge is 0.254 e. The first-order valence-electron chi connectivity index (χ1n) is 9.94. The lowest BCUT2D eigenvalue weighted by Crippen LogP contribution is -2.40. The maximum absolute atomic E-state index is 13.3. The van der Waals surface area contributed by atoms with Crippen LogP contribution in [0.4, 0.5) is 0 Å². The van der Waals surface area contributed by atoms with E-state index in [1.807, 2.05) is 0 Å². The zero-order valence-corrected chi connectivity index (χ0v) is 18.3. The molecule has 1 amide bonds. The van der Waals surface area contributed by atoms with E-state index in [9.17, 15) is 13.2 Å². The van der Waals surface area contributed by atoms with Gasteiger partial charge in [0.1, 0.15) is 0 Å². The summed E-state index contributed by atoms with van der Waals surface area (Å²) >= 11 is 0. The minimum absolute atomic E-state index is 0.0975. The first-order chi connectivity index (χ1) is 14.9. The zero-order valence-electron chi connectivity index (χ0n) is 17.5. The van der Waals surface area contributed by atoms with Crippen molar-refractivity contribution in [3.8, 4) is 6.07 Å². The molecule has 2 aromatic rings. The number of sulfonamides is 1. The number of amides is 1. The molecule has 3 rings (SSSR count). The van der Waals surface area contributed by atoms with E-state index < -0.39 is 10.0 Å². The first kappa shape index (κ1) is 22.7. The highest BCUT2D eigenvalue weighted by Gasteiger charge is 2.28. The number of hydrogen-bond donors (Lipinski definition) is 0. The van der Waals surface area contributed by atoms with Crippen LogP contribution in [0.1, 0.15) is 27.0 Å². The minimum atomic E-state index is -3.71. The molecule has 0 bridgehead atoms. The summed E-state index contributed by atoms with van der Waals surface area (Å²) in [5, 5.41) is 8.96. The Labute approximate surface area is 183 Å². The normalized spacial score (nSPS) is 14.6. The van der Waals surface area contributed by atoms with Gasteiger partial charge in [0.2, 0.25) is 10.0 Å². The van der Waals surface area contributed by atoms with Crippen LogP contribution in [-0.2, 0) is 21.3 Å². The number of carbonyl (C=O) groups is 1. The van der Waals surface area contributed by atoms with Gasteiger partial charge in [0.25, 0.3) is 5.91 Å². The molecule has 1 saturated heterocycles. The van der Waals surface area contributed by atoms with Crippen molar-refractivity contribution in [3.63, 3.8) is 0 Å². The van der Waals surface area contributed by atoms with Gasteiger partial charge in [0, 0.05) is 31.7 Å². The molecule has 8 heteroatoms. The molecule has 0 aliphatic carbocycles. The van der Waals surface area contributed by atoms with Gasteiger partial charge in [0.15, 0.2) is 0 Å². The molecular weight excluding hydrogens is 414 g/mol. The quantitative estimate of drug-likeness (QED) is 0.619. The van der Waals surface area contributed by atoms with Crippen molar-refractivity contribution in [2.75, 3.05) is 32.8 Å². The Morgan fingerprint density at radius 1 is 1.23 bits per heavy atom. The van der Waals surface area contributed by atoms with Crippen molar-refractivity contribution in [3.05, 3.63) is 77.4 Å². The van der Waals surface area contributed by atoms with Gasteiger partial charge in [-0.2, -0.15) is 9.57 Å². The summed E-state index contributed by atoms with van der Waals surface area (Å²) in [4.78, 5) is 15.0. The molecule has 0 saturated carbocycles. The maximum atomic E-state index is 13.3. The van der Waals surface area contributed by atoms with Crippen molar-refractivity contribution in [1.82, 2.24) is 9.21 Å². The maximum Gasteiger partial charge on any atom is 0.254 e. The number of rotatable bonds is 7. The fourth-order valence-corrected chi connectivity index (χ4v) is 4.81. The molecule has 0 atom stereocenters. The van der Waals surface area contributed by atoms with E-state index in [0.29, 0.717) is 56.1 Å². The molecule has 7 nitrogen and oxygen atoms in total. The van der Waals surface area contributed by atoms with Gasteiger partial charge >= 0.3 is 0 Å². The van der Waals surface area contributed by atoms with Crippen molar-refractivity contribution >= 4 is 15.9 Å². The lowest BCUT2D eigenvalue weighted by molar-refractivity contribution is 0.0729. The van der Waals surface area contributed by atoms with Crippen LogP contribution >= 0.6 is 0 Å². The Balaban J connectivity index is 1.89. The summed E-state index contributed by atoms with van der Waals surface area (Å²) in [6, 6.07) is 13.7. The summed E-state index contributed by atoms with van der Waals surface area (Å²) in [7, 11) is -3.71. The lowest BCUT2D eigenvalue weighted by atomic mass is 10.1. The lowest BCUT2D eigenvalue weighted by Gasteiger charge is -2.27. The fraction of sp³-hybridized carbons (Fsp3) is 0.304. The van der Waals surface area contributed by atoms with Gasteiger partial charge in [-0.1, -0.05) is 24.3 Å². The van der Waals surface area contributed by atoms with Crippen LogP contribution in [0.25, 0.3) is 0 Å². The molecule has 1 aliphatic heterocycles. The van der Waals surface area contributed by atoms with E-state index >= 15 is 0 Å². The molecular formula is C23H25N3O4S. The molecule has 1 heterocycles. The second-order valence-corrected chi connectivity index (χ2v) is 9.21. The van der Waals surface area contributed by atoms with Gasteiger partial charge in [-0.05, 0) is 42.3 Å². The van der Waals surface area contributed by atoms with Crippen LogP contribution in [-0.4, -0.2) is 56.4 Å². The second-order valence-electron chi connectivity index (χ2n) is 7.28. The molecule has 162 valence electrons. The molecule has 1 aliphatic rings. The molecule has 1 fully saturated rings. The molecule has 0 aromatic heterocycles. The summed E-state index contributed by atoms with van der Waals surface area (Å²) in [6.45, 7) is 7.44. The Morgan fingerprint density at radius 3 is 2.52 bits per heavy atom.